The molecule has 0 bridgehead atoms. The standard InChI is InChI=1S/C17H19N5O4/c18-15-12-10(6-9-4-2-1-3-5-9)21-22(16(12)20-8-19-15)17-14(25)13(24)11(7-23)26-17/h1-5,8,11,13-14,17,23-25H,6-7H2,(H2,18,19,20). The fourth-order valence-electron chi connectivity index (χ4n) is 3.24. The molecule has 1 aliphatic heterocycles. The molecule has 3 aromatic rings. The van der Waals surface area contributed by atoms with E-state index in [0.717, 1.165) is 5.56 Å². The monoisotopic (exact) mass is 357 g/mol. The highest BCUT2D eigenvalue weighted by molar-refractivity contribution is 5.88. The first-order valence-corrected chi connectivity index (χ1v) is 8.24. The lowest BCUT2D eigenvalue weighted by Crippen LogP contribution is -2.33. The molecule has 0 aliphatic carbocycles. The third kappa shape index (κ3) is 2.71. The van der Waals surface area contributed by atoms with Gasteiger partial charge in [0.25, 0.3) is 0 Å². The number of fused-ring (bicyclic) bond motifs is 1. The van der Waals surface area contributed by atoms with Crippen molar-refractivity contribution in [1.29, 1.82) is 0 Å². The molecule has 136 valence electrons. The fourth-order valence-corrected chi connectivity index (χ4v) is 3.24. The van der Waals surface area contributed by atoms with E-state index in [1.165, 1.54) is 11.0 Å². The molecule has 4 atom stereocenters. The maximum Gasteiger partial charge on any atom is 0.181 e. The summed E-state index contributed by atoms with van der Waals surface area (Å²) in [5.41, 5.74) is 8.11. The summed E-state index contributed by atoms with van der Waals surface area (Å²) in [7, 11) is 0. The van der Waals surface area contributed by atoms with Crippen LogP contribution >= 0.6 is 0 Å². The minimum Gasteiger partial charge on any atom is -0.394 e. The Bertz CT molecular complexity index is 916. The van der Waals surface area contributed by atoms with E-state index in [4.69, 9.17) is 10.5 Å². The minimum atomic E-state index is -1.25. The summed E-state index contributed by atoms with van der Waals surface area (Å²) in [4.78, 5) is 8.27. The van der Waals surface area contributed by atoms with Gasteiger partial charge >= 0.3 is 0 Å². The average molecular weight is 357 g/mol. The number of nitrogens with two attached hydrogens (primary N) is 1. The Balaban J connectivity index is 1.80. The van der Waals surface area contributed by atoms with E-state index in [-0.39, 0.29) is 5.82 Å². The van der Waals surface area contributed by atoms with Crippen LogP contribution < -0.4 is 5.73 Å². The number of aromatic nitrogens is 4. The zero-order chi connectivity index (χ0) is 18.3. The van der Waals surface area contributed by atoms with Gasteiger partial charge < -0.3 is 25.8 Å². The molecule has 0 amide bonds. The molecule has 9 heteroatoms. The van der Waals surface area contributed by atoms with E-state index in [2.05, 4.69) is 15.1 Å². The van der Waals surface area contributed by atoms with Crippen molar-refractivity contribution in [1.82, 2.24) is 19.7 Å². The maximum atomic E-state index is 10.3. The van der Waals surface area contributed by atoms with Crippen molar-refractivity contribution >= 4 is 16.9 Å². The molecule has 1 fully saturated rings. The molecule has 5 N–H and O–H groups in total. The third-order valence-corrected chi connectivity index (χ3v) is 4.56. The normalized spacial score (nSPS) is 25.8. The Kier molecular flexibility index (Phi) is 4.29. The van der Waals surface area contributed by atoms with Crippen molar-refractivity contribution < 1.29 is 20.1 Å². The van der Waals surface area contributed by atoms with Gasteiger partial charge in [-0.3, -0.25) is 0 Å². The Morgan fingerprint density at radius 3 is 2.58 bits per heavy atom. The smallest absolute Gasteiger partial charge is 0.181 e. The number of nitrogen functional groups attached to an aromatic ring is 1. The summed E-state index contributed by atoms with van der Waals surface area (Å²) in [5, 5.41) is 34.8. The Morgan fingerprint density at radius 1 is 1.12 bits per heavy atom. The van der Waals surface area contributed by atoms with Crippen LogP contribution in [0.5, 0.6) is 0 Å². The molecule has 0 spiro atoms. The van der Waals surface area contributed by atoms with Crippen molar-refractivity contribution in [2.75, 3.05) is 12.3 Å². The highest BCUT2D eigenvalue weighted by atomic mass is 16.6. The third-order valence-electron chi connectivity index (χ3n) is 4.56. The van der Waals surface area contributed by atoms with Crippen LogP contribution in [-0.4, -0.2) is 60.0 Å². The summed E-state index contributed by atoms with van der Waals surface area (Å²) in [6.07, 6.45) is -2.55. The summed E-state index contributed by atoms with van der Waals surface area (Å²) in [5.74, 6) is 0.277. The summed E-state index contributed by atoms with van der Waals surface area (Å²) in [6, 6.07) is 9.73. The van der Waals surface area contributed by atoms with Crippen molar-refractivity contribution in [2.24, 2.45) is 0 Å². The quantitative estimate of drug-likeness (QED) is 0.495. The molecular formula is C17H19N5O4. The van der Waals surface area contributed by atoms with E-state index >= 15 is 0 Å². The number of hydrogen-bond acceptors (Lipinski definition) is 8. The van der Waals surface area contributed by atoms with Gasteiger partial charge in [0.15, 0.2) is 11.9 Å². The molecule has 1 saturated heterocycles. The number of rotatable bonds is 4. The molecular weight excluding hydrogens is 338 g/mol. The molecule has 0 saturated carbocycles. The highest BCUT2D eigenvalue weighted by Crippen LogP contribution is 2.33. The fraction of sp³-hybridized carbons (Fsp3) is 0.353. The number of ether oxygens (including phenoxy) is 1. The van der Waals surface area contributed by atoms with E-state index in [0.29, 0.717) is 23.1 Å². The Morgan fingerprint density at radius 2 is 1.88 bits per heavy atom. The zero-order valence-corrected chi connectivity index (χ0v) is 13.8. The molecule has 0 radical (unpaired) electrons. The van der Waals surface area contributed by atoms with Gasteiger partial charge in [-0.2, -0.15) is 5.10 Å². The van der Waals surface area contributed by atoms with Crippen LogP contribution in [0, 0.1) is 0 Å². The maximum absolute atomic E-state index is 10.3. The van der Waals surface area contributed by atoms with Gasteiger partial charge in [-0.1, -0.05) is 30.3 Å². The van der Waals surface area contributed by atoms with Crippen molar-refractivity contribution in [3.63, 3.8) is 0 Å². The van der Waals surface area contributed by atoms with Gasteiger partial charge in [-0.15, -0.1) is 0 Å². The molecule has 1 aliphatic rings. The second kappa shape index (κ2) is 6.61. The first kappa shape index (κ1) is 16.9. The summed E-state index contributed by atoms with van der Waals surface area (Å²) in [6.45, 7) is -0.415. The lowest BCUT2D eigenvalue weighted by Gasteiger charge is -2.15. The topological polar surface area (TPSA) is 140 Å². The van der Waals surface area contributed by atoms with Gasteiger partial charge in [0, 0.05) is 6.42 Å². The zero-order valence-electron chi connectivity index (χ0n) is 13.8. The van der Waals surface area contributed by atoms with Crippen LogP contribution in [0.2, 0.25) is 0 Å². The van der Waals surface area contributed by atoms with Crippen LogP contribution in [0.25, 0.3) is 11.0 Å². The van der Waals surface area contributed by atoms with Crippen molar-refractivity contribution in [2.45, 2.75) is 31.0 Å². The largest absolute Gasteiger partial charge is 0.394 e. The molecule has 4 rings (SSSR count). The number of aliphatic hydroxyl groups is 3. The molecule has 2 aromatic heterocycles. The molecule has 3 heterocycles. The number of nitrogens with zero attached hydrogens (tertiary/aromatic N) is 4. The highest BCUT2D eigenvalue weighted by Gasteiger charge is 2.44. The average Bonchev–Trinajstić information content (AvgIpc) is 3.15. The predicted octanol–water partition coefficient (Wildman–Crippen LogP) is -0.389. The van der Waals surface area contributed by atoms with Gasteiger partial charge in [-0.25, -0.2) is 14.6 Å². The number of aliphatic hydroxyl groups excluding tert-OH is 3. The minimum absolute atomic E-state index is 0.277. The van der Waals surface area contributed by atoms with Gasteiger partial charge in [0.1, 0.15) is 30.5 Å². The Hall–Kier alpha value is -2.59. The molecule has 9 nitrogen and oxygen atoms in total. The second-order valence-corrected chi connectivity index (χ2v) is 6.24. The van der Waals surface area contributed by atoms with E-state index in [1.807, 2.05) is 30.3 Å². The molecule has 26 heavy (non-hydrogen) atoms. The summed E-state index contributed by atoms with van der Waals surface area (Å²) < 4.78 is 6.98. The lowest BCUT2D eigenvalue weighted by molar-refractivity contribution is -0.0568. The first-order chi connectivity index (χ1) is 12.6. The second-order valence-electron chi connectivity index (χ2n) is 6.24. The SMILES string of the molecule is Nc1ncnc2c1c(Cc1ccccc1)nn2C1OC(CO)C(O)C1O. The van der Waals surface area contributed by atoms with Crippen molar-refractivity contribution in [3.05, 3.63) is 47.9 Å². The molecule has 1 aromatic carbocycles. The van der Waals surface area contributed by atoms with Crippen LogP contribution in [-0.2, 0) is 11.2 Å². The van der Waals surface area contributed by atoms with Gasteiger partial charge in [-0.05, 0) is 5.56 Å². The van der Waals surface area contributed by atoms with Crippen LogP contribution in [0.1, 0.15) is 17.5 Å². The van der Waals surface area contributed by atoms with Crippen LogP contribution in [0.15, 0.2) is 36.7 Å². The van der Waals surface area contributed by atoms with Crippen LogP contribution in [0.4, 0.5) is 5.82 Å². The number of anilines is 1. The first-order valence-electron chi connectivity index (χ1n) is 8.24. The van der Waals surface area contributed by atoms with Crippen LogP contribution in [0.3, 0.4) is 0 Å². The van der Waals surface area contributed by atoms with Gasteiger partial charge in [0.05, 0.1) is 17.7 Å². The Labute approximate surface area is 148 Å². The number of benzene rings is 1. The lowest BCUT2D eigenvalue weighted by atomic mass is 10.1. The van der Waals surface area contributed by atoms with Gasteiger partial charge in [0.2, 0.25) is 0 Å². The predicted molar refractivity (Wildman–Crippen MR) is 92.0 cm³/mol. The molecule has 4 unspecified atom stereocenters. The number of hydrogen-bond donors (Lipinski definition) is 4. The summed E-state index contributed by atoms with van der Waals surface area (Å²) >= 11 is 0. The van der Waals surface area contributed by atoms with Crippen molar-refractivity contribution in [3.8, 4) is 0 Å². The van der Waals surface area contributed by atoms with E-state index in [1.54, 1.807) is 0 Å². The van der Waals surface area contributed by atoms with E-state index < -0.39 is 31.1 Å². The van der Waals surface area contributed by atoms with E-state index in [9.17, 15) is 15.3 Å².